The third kappa shape index (κ3) is 2.56. The monoisotopic (exact) mass is 399 g/mol. The number of aryl methyl sites for hydroxylation is 1. The maximum atomic E-state index is 12.7. The highest BCUT2D eigenvalue weighted by atomic mass is 32.1. The molecule has 0 spiro atoms. The minimum Gasteiger partial charge on any atom is -0.304 e. The quantitative estimate of drug-likeness (QED) is 0.705. The molecule has 3 atom stereocenters. The summed E-state index contributed by atoms with van der Waals surface area (Å²) in [5.74, 6) is 2.24. The summed E-state index contributed by atoms with van der Waals surface area (Å²) in [7, 11) is 3.03. The summed E-state index contributed by atoms with van der Waals surface area (Å²) >= 11 is 1.13. The number of nitrogens with one attached hydrogen (secondary N) is 2. The number of hydrogen-bond acceptors (Lipinski definition) is 5. The number of aromatic nitrogens is 4. The molecule has 3 heterocycles. The molecular formula is C19H21N5O3S. The van der Waals surface area contributed by atoms with Crippen molar-refractivity contribution in [3.05, 3.63) is 43.5 Å². The van der Waals surface area contributed by atoms with E-state index in [-0.39, 0.29) is 5.91 Å². The van der Waals surface area contributed by atoms with E-state index in [9.17, 15) is 14.4 Å². The predicted octanol–water partition coefficient (Wildman–Crippen LogP) is 2.18. The van der Waals surface area contributed by atoms with E-state index in [4.69, 9.17) is 0 Å². The van der Waals surface area contributed by atoms with Crippen molar-refractivity contribution in [3.63, 3.8) is 0 Å². The first-order chi connectivity index (χ1) is 13.4. The molecule has 28 heavy (non-hydrogen) atoms. The van der Waals surface area contributed by atoms with Crippen LogP contribution >= 0.6 is 11.3 Å². The zero-order valence-electron chi connectivity index (χ0n) is 15.7. The highest BCUT2D eigenvalue weighted by molar-refractivity contribution is 7.20. The van der Waals surface area contributed by atoms with Crippen molar-refractivity contribution < 1.29 is 4.79 Å². The Morgan fingerprint density at radius 1 is 1.21 bits per heavy atom. The number of H-pyrrole nitrogens is 1. The molecular weight excluding hydrogens is 378 g/mol. The fraction of sp³-hybridized carbons (Fsp3) is 0.474. The van der Waals surface area contributed by atoms with E-state index in [0.29, 0.717) is 26.8 Å². The van der Waals surface area contributed by atoms with Crippen LogP contribution in [0.3, 0.4) is 0 Å². The van der Waals surface area contributed by atoms with Gasteiger partial charge in [-0.25, -0.2) is 4.79 Å². The number of amides is 1. The topological polar surface area (TPSA) is 102 Å². The third-order valence-electron chi connectivity index (χ3n) is 6.33. The Morgan fingerprint density at radius 2 is 2.04 bits per heavy atom. The van der Waals surface area contributed by atoms with E-state index in [1.54, 1.807) is 13.1 Å². The van der Waals surface area contributed by atoms with Crippen LogP contribution in [0, 0.1) is 11.8 Å². The average molecular weight is 399 g/mol. The summed E-state index contributed by atoms with van der Waals surface area (Å²) in [6.45, 7) is 0. The summed E-state index contributed by atoms with van der Waals surface area (Å²) in [5.41, 5.74) is 0.288. The van der Waals surface area contributed by atoms with Gasteiger partial charge in [-0.1, -0.05) is 6.42 Å². The number of anilines is 1. The van der Waals surface area contributed by atoms with Gasteiger partial charge < -0.3 is 5.32 Å². The van der Waals surface area contributed by atoms with E-state index >= 15 is 0 Å². The van der Waals surface area contributed by atoms with Crippen molar-refractivity contribution in [2.45, 2.75) is 31.6 Å². The maximum absolute atomic E-state index is 12.7. The number of hydrogen-bond donors (Lipinski definition) is 2. The summed E-state index contributed by atoms with van der Waals surface area (Å²) in [6, 6.07) is 3.46. The number of aromatic amines is 1. The second-order valence-corrected chi connectivity index (χ2v) is 9.01. The molecule has 146 valence electrons. The van der Waals surface area contributed by atoms with E-state index in [1.165, 1.54) is 37.3 Å². The van der Waals surface area contributed by atoms with Crippen molar-refractivity contribution in [2.75, 3.05) is 5.32 Å². The molecule has 8 nitrogen and oxygen atoms in total. The molecule has 2 bridgehead atoms. The van der Waals surface area contributed by atoms with Crippen LogP contribution in [0.4, 0.5) is 5.82 Å². The number of carbonyl (C=O) groups excluding carboxylic acids is 1. The Labute approximate surface area is 164 Å². The van der Waals surface area contributed by atoms with Crippen molar-refractivity contribution in [1.29, 1.82) is 0 Å². The highest BCUT2D eigenvalue weighted by Crippen LogP contribution is 2.52. The summed E-state index contributed by atoms with van der Waals surface area (Å²) in [4.78, 5) is 37.9. The molecule has 2 N–H and O–H groups in total. The van der Waals surface area contributed by atoms with Crippen LogP contribution in [0.15, 0.2) is 21.7 Å². The number of nitrogens with zero attached hydrogens (tertiary/aromatic N) is 3. The van der Waals surface area contributed by atoms with Gasteiger partial charge in [0.1, 0.15) is 4.83 Å². The first kappa shape index (κ1) is 17.4. The molecule has 1 amide bonds. The van der Waals surface area contributed by atoms with Crippen LogP contribution in [-0.4, -0.2) is 25.2 Å². The van der Waals surface area contributed by atoms with Crippen molar-refractivity contribution >= 4 is 33.3 Å². The second-order valence-electron chi connectivity index (χ2n) is 7.98. The number of fused-ring (bicyclic) bond motifs is 3. The molecule has 5 rings (SSSR count). The number of thiophene rings is 1. The van der Waals surface area contributed by atoms with Crippen LogP contribution < -0.4 is 16.6 Å². The largest absolute Gasteiger partial charge is 0.331 e. The number of rotatable bonds is 3. The molecule has 0 aliphatic heterocycles. The Kier molecular flexibility index (Phi) is 3.84. The van der Waals surface area contributed by atoms with Crippen LogP contribution in [-0.2, 0) is 14.1 Å². The lowest BCUT2D eigenvalue weighted by atomic mass is 9.86. The molecule has 0 saturated heterocycles. The second kappa shape index (κ2) is 6.16. The van der Waals surface area contributed by atoms with Gasteiger partial charge in [0.05, 0.1) is 10.3 Å². The smallest absolute Gasteiger partial charge is 0.304 e. The lowest BCUT2D eigenvalue weighted by Gasteiger charge is -2.19. The minimum absolute atomic E-state index is 0.332. The SMILES string of the molecule is Cn1c(=O)c2cc(C(=O)Nc3cc(C4CC5CCC4C5)[nH]n3)sc2n(C)c1=O. The summed E-state index contributed by atoms with van der Waals surface area (Å²) < 4.78 is 2.44. The van der Waals surface area contributed by atoms with Gasteiger partial charge in [-0.15, -0.1) is 11.3 Å². The Hall–Kier alpha value is -2.68. The molecule has 0 aromatic carbocycles. The standard InChI is InChI=1S/C19H21N5O3S/c1-23-17(26)12-7-14(28-18(12)24(2)19(23)27)16(25)20-15-8-13(21-22-15)11-6-9-3-4-10(11)5-9/h7-11H,3-6H2,1-2H3,(H2,20,21,22,25). The van der Waals surface area contributed by atoms with E-state index in [1.807, 2.05) is 6.07 Å². The fourth-order valence-electron chi connectivity index (χ4n) is 4.87. The van der Waals surface area contributed by atoms with E-state index in [2.05, 4.69) is 15.5 Å². The number of carbonyl (C=O) groups is 1. The van der Waals surface area contributed by atoms with Crippen molar-refractivity contribution in [3.8, 4) is 0 Å². The van der Waals surface area contributed by atoms with Crippen LogP contribution in [0.2, 0.25) is 0 Å². The van der Waals surface area contributed by atoms with Gasteiger partial charge in [-0.3, -0.25) is 23.8 Å². The first-order valence-electron chi connectivity index (χ1n) is 9.48. The lowest BCUT2D eigenvalue weighted by molar-refractivity contribution is 0.103. The van der Waals surface area contributed by atoms with Crippen LogP contribution in [0.25, 0.3) is 10.2 Å². The van der Waals surface area contributed by atoms with Gasteiger partial charge in [0.25, 0.3) is 11.5 Å². The predicted molar refractivity (Wildman–Crippen MR) is 107 cm³/mol. The molecule has 2 aliphatic rings. The normalized spacial score (nSPS) is 23.6. The first-order valence-corrected chi connectivity index (χ1v) is 10.3. The molecule has 2 fully saturated rings. The molecule has 0 radical (unpaired) electrons. The van der Waals surface area contributed by atoms with Crippen LogP contribution in [0.1, 0.15) is 47.0 Å². The zero-order valence-corrected chi connectivity index (χ0v) is 16.5. The Bertz CT molecular complexity index is 1220. The van der Waals surface area contributed by atoms with Gasteiger partial charge in [-0.05, 0) is 37.2 Å². The third-order valence-corrected chi connectivity index (χ3v) is 7.54. The molecule has 2 aliphatic carbocycles. The van der Waals surface area contributed by atoms with Gasteiger partial charge in [0.2, 0.25) is 0 Å². The highest BCUT2D eigenvalue weighted by Gasteiger charge is 2.41. The van der Waals surface area contributed by atoms with Crippen molar-refractivity contribution in [1.82, 2.24) is 19.3 Å². The van der Waals surface area contributed by atoms with Gasteiger partial charge >= 0.3 is 5.69 Å². The van der Waals surface area contributed by atoms with Crippen LogP contribution in [0.5, 0.6) is 0 Å². The Balaban J connectivity index is 1.40. The molecule has 3 aromatic heterocycles. The molecule has 3 aromatic rings. The van der Waals surface area contributed by atoms with Gasteiger partial charge in [0.15, 0.2) is 5.82 Å². The lowest BCUT2D eigenvalue weighted by Crippen LogP contribution is -2.36. The fourth-order valence-corrected chi connectivity index (χ4v) is 5.87. The molecule has 2 saturated carbocycles. The van der Waals surface area contributed by atoms with Crippen molar-refractivity contribution in [2.24, 2.45) is 25.9 Å². The summed E-state index contributed by atoms with van der Waals surface area (Å²) in [5, 5.41) is 10.5. The van der Waals surface area contributed by atoms with Gasteiger partial charge in [0, 0.05) is 31.8 Å². The zero-order chi connectivity index (χ0) is 19.6. The minimum atomic E-state index is -0.408. The summed E-state index contributed by atoms with van der Waals surface area (Å²) in [6.07, 6.45) is 5.13. The van der Waals surface area contributed by atoms with E-state index < -0.39 is 11.2 Å². The maximum Gasteiger partial charge on any atom is 0.331 e. The molecule has 3 unspecified atom stereocenters. The van der Waals surface area contributed by atoms with Gasteiger partial charge in [-0.2, -0.15) is 5.10 Å². The van der Waals surface area contributed by atoms with E-state index in [0.717, 1.165) is 33.4 Å². The average Bonchev–Trinajstić information content (AvgIpc) is 3.47. The Morgan fingerprint density at radius 3 is 2.75 bits per heavy atom. The molecule has 9 heteroatoms.